The molecule has 0 aliphatic heterocycles. The predicted molar refractivity (Wildman–Crippen MR) is 131 cm³/mol. The van der Waals surface area contributed by atoms with Gasteiger partial charge in [0.05, 0.1) is 13.0 Å². The molecule has 1 atom stereocenters. The van der Waals surface area contributed by atoms with E-state index in [4.69, 9.17) is 4.74 Å². The van der Waals surface area contributed by atoms with Gasteiger partial charge in [0.15, 0.2) is 0 Å². The summed E-state index contributed by atoms with van der Waals surface area (Å²) in [6, 6.07) is 14.0. The van der Waals surface area contributed by atoms with E-state index < -0.39 is 11.9 Å². The fourth-order valence-electron chi connectivity index (χ4n) is 7.25. The number of nitrogens with one attached hydrogen (secondary N) is 1. The lowest BCUT2D eigenvalue weighted by atomic mass is 9.48. The van der Waals surface area contributed by atoms with Crippen molar-refractivity contribution in [1.82, 2.24) is 5.32 Å². The number of carbonyl (C=O) groups is 2. The van der Waals surface area contributed by atoms with E-state index in [-0.39, 0.29) is 5.91 Å². The summed E-state index contributed by atoms with van der Waals surface area (Å²) >= 11 is 0. The van der Waals surface area contributed by atoms with E-state index in [0.29, 0.717) is 29.7 Å². The standard InChI is InChI=1S/C29H35NO4/c1-18(28(32)33)9-19-3-8-26(34-2)24(13-19)17-30-27(31)23-4-6-25(7-5-23)29-14-20-10-21(15-29)12-22(11-20)16-29/h3-8,13,18,20-22H,9-12,14-17H2,1-2H3,(H,30,31)(H,32,33). The first kappa shape index (κ1) is 22.9. The van der Waals surface area contributed by atoms with Crippen LogP contribution in [0.2, 0.25) is 0 Å². The van der Waals surface area contributed by atoms with Gasteiger partial charge in [-0.05, 0) is 97.4 Å². The molecular weight excluding hydrogens is 426 g/mol. The minimum Gasteiger partial charge on any atom is -0.496 e. The smallest absolute Gasteiger partial charge is 0.306 e. The molecule has 0 heterocycles. The molecule has 0 saturated heterocycles. The minimum atomic E-state index is -0.817. The third kappa shape index (κ3) is 4.45. The number of hydrogen-bond donors (Lipinski definition) is 2. The molecule has 0 spiro atoms. The van der Waals surface area contributed by atoms with Gasteiger partial charge in [0.1, 0.15) is 5.75 Å². The molecule has 180 valence electrons. The fraction of sp³-hybridized carbons (Fsp3) is 0.517. The summed E-state index contributed by atoms with van der Waals surface area (Å²) in [6.45, 7) is 2.02. The molecule has 0 radical (unpaired) electrons. The maximum absolute atomic E-state index is 12.9. The summed E-state index contributed by atoms with van der Waals surface area (Å²) < 4.78 is 5.46. The summed E-state index contributed by atoms with van der Waals surface area (Å²) in [6.07, 6.45) is 8.69. The molecule has 0 aromatic heterocycles. The van der Waals surface area contributed by atoms with Gasteiger partial charge in [-0.3, -0.25) is 9.59 Å². The summed E-state index contributed by atoms with van der Waals surface area (Å²) in [7, 11) is 1.60. The highest BCUT2D eigenvalue weighted by Gasteiger charge is 2.51. The van der Waals surface area contributed by atoms with Crippen LogP contribution in [0.1, 0.15) is 72.5 Å². The van der Waals surface area contributed by atoms with E-state index in [9.17, 15) is 14.7 Å². The molecule has 2 aromatic rings. The first-order valence-electron chi connectivity index (χ1n) is 12.6. The lowest BCUT2D eigenvalue weighted by Gasteiger charge is -2.57. The van der Waals surface area contributed by atoms with Crippen molar-refractivity contribution >= 4 is 11.9 Å². The summed E-state index contributed by atoms with van der Waals surface area (Å²) in [4.78, 5) is 24.1. The van der Waals surface area contributed by atoms with Gasteiger partial charge in [0.25, 0.3) is 5.91 Å². The number of hydrogen-bond acceptors (Lipinski definition) is 3. The Labute approximate surface area is 201 Å². The second kappa shape index (κ2) is 9.09. The molecule has 6 rings (SSSR count). The van der Waals surface area contributed by atoms with Crippen LogP contribution in [0.5, 0.6) is 5.75 Å². The van der Waals surface area contributed by atoms with Crippen LogP contribution in [0.4, 0.5) is 0 Å². The van der Waals surface area contributed by atoms with Crippen LogP contribution in [0.3, 0.4) is 0 Å². The molecule has 4 saturated carbocycles. The summed E-state index contributed by atoms with van der Waals surface area (Å²) in [5.41, 5.74) is 4.19. The van der Waals surface area contributed by atoms with Crippen LogP contribution >= 0.6 is 0 Å². The zero-order valence-corrected chi connectivity index (χ0v) is 20.2. The number of methoxy groups -OCH3 is 1. The lowest BCUT2D eigenvalue weighted by molar-refractivity contribution is -0.141. The first-order chi connectivity index (χ1) is 16.3. The normalized spacial score (nSPS) is 27.9. The lowest BCUT2D eigenvalue weighted by Crippen LogP contribution is -2.48. The van der Waals surface area contributed by atoms with Gasteiger partial charge in [-0.1, -0.05) is 31.2 Å². The molecule has 2 aromatic carbocycles. The molecule has 4 fully saturated rings. The molecule has 5 nitrogen and oxygen atoms in total. The Morgan fingerprint density at radius 3 is 2.21 bits per heavy atom. The number of benzene rings is 2. The Bertz CT molecular complexity index is 1040. The van der Waals surface area contributed by atoms with Crippen LogP contribution < -0.4 is 10.1 Å². The average Bonchev–Trinajstić information content (AvgIpc) is 2.82. The Kier molecular flexibility index (Phi) is 6.13. The molecule has 4 aliphatic carbocycles. The number of carboxylic acids is 1. The van der Waals surface area contributed by atoms with Crippen LogP contribution in [0.25, 0.3) is 0 Å². The Balaban J connectivity index is 1.25. The number of amides is 1. The van der Waals surface area contributed by atoms with Crippen molar-refractivity contribution in [3.63, 3.8) is 0 Å². The van der Waals surface area contributed by atoms with Crippen molar-refractivity contribution in [3.05, 3.63) is 64.7 Å². The highest BCUT2D eigenvalue weighted by Crippen LogP contribution is 2.60. The Morgan fingerprint density at radius 2 is 1.65 bits per heavy atom. The number of aliphatic carboxylic acids is 1. The first-order valence-corrected chi connectivity index (χ1v) is 12.6. The number of carboxylic acid groups (broad SMARTS) is 1. The summed E-state index contributed by atoms with van der Waals surface area (Å²) in [5, 5.41) is 12.2. The van der Waals surface area contributed by atoms with E-state index in [2.05, 4.69) is 17.4 Å². The fourth-order valence-corrected chi connectivity index (χ4v) is 7.25. The largest absolute Gasteiger partial charge is 0.496 e. The van der Waals surface area contributed by atoms with Gasteiger partial charge in [-0.15, -0.1) is 0 Å². The zero-order valence-electron chi connectivity index (χ0n) is 20.2. The molecule has 2 N–H and O–H groups in total. The maximum atomic E-state index is 12.9. The second-order valence-corrected chi connectivity index (χ2v) is 11.0. The van der Waals surface area contributed by atoms with Gasteiger partial charge in [-0.25, -0.2) is 0 Å². The maximum Gasteiger partial charge on any atom is 0.306 e. The van der Waals surface area contributed by atoms with Gasteiger partial charge in [0, 0.05) is 17.7 Å². The molecule has 1 unspecified atom stereocenters. The molecule has 34 heavy (non-hydrogen) atoms. The third-order valence-corrected chi connectivity index (χ3v) is 8.55. The van der Waals surface area contributed by atoms with E-state index in [1.165, 1.54) is 44.1 Å². The van der Waals surface area contributed by atoms with Crippen LogP contribution in [0, 0.1) is 23.7 Å². The van der Waals surface area contributed by atoms with Crippen molar-refractivity contribution in [2.24, 2.45) is 23.7 Å². The van der Waals surface area contributed by atoms with E-state index in [1.807, 2.05) is 30.3 Å². The molecule has 1 amide bonds. The van der Waals surface area contributed by atoms with Crippen molar-refractivity contribution in [1.29, 1.82) is 0 Å². The molecule has 4 aliphatic rings. The van der Waals surface area contributed by atoms with Crippen molar-refractivity contribution < 1.29 is 19.4 Å². The van der Waals surface area contributed by atoms with Gasteiger partial charge in [0.2, 0.25) is 0 Å². The topological polar surface area (TPSA) is 75.6 Å². The SMILES string of the molecule is COc1ccc(CC(C)C(=O)O)cc1CNC(=O)c1ccc(C23CC4CC(CC(C4)C2)C3)cc1. The number of rotatable bonds is 8. The second-order valence-electron chi connectivity index (χ2n) is 11.0. The highest BCUT2D eigenvalue weighted by molar-refractivity contribution is 5.94. The van der Waals surface area contributed by atoms with Gasteiger partial charge >= 0.3 is 5.97 Å². The van der Waals surface area contributed by atoms with Crippen LogP contribution in [0.15, 0.2) is 42.5 Å². The monoisotopic (exact) mass is 461 g/mol. The van der Waals surface area contributed by atoms with Crippen LogP contribution in [-0.4, -0.2) is 24.1 Å². The average molecular weight is 462 g/mol. The highest BCUT2D eigenvalue weighted by atomic mass is 16.5. The van der Waals surface area contributed by atoms with Crippen LogP contribution in [-0.2, 0) is 23.2 Å². The number of carbonyl (C=O) groups excluding carboxylic acids is 1. The summed E-state index contributed by atoms with van der Waals surface area (Å²) in [5.74, 6) is 1.99. The van der Waals surface area contributed by atoms with E-state index in [0.717, 1.165) is 28.9 Å². The van der Waals surface area contributed by atoms with E-state index >= 15 is 0 Å². The van der Waals surface area contributed by atoms with E-state index in [1.54, 1.807) is 14.0 Å². The Morgan fingerprint density at radius 1 is 1.03 bits per heavy atom. The Hall–Kier alpha value is -2.82. The minimum absolute atomic E-state index is 0.108. The van der Waals surface area contributed by atoms with Gasteiger partial charge < -0.3 is 15.2 Å². The predicted octanol–water partition coefficient (Wildman–Crippen LogP) is 5.36. The quantitative estimate of drug-likeness (QED) is 0.555. The van der Waals surface area contributed by atoms with Gasteiger partial charge in [-0.2, -0.15) is 0 Å². The third-order valence-electron chi connectivity index (χ3n) is 8.55. The van der Waals surface area contributed by atoms with Crippen molar-refractivity contribution in [2.45, 2.75) is 63.8 Å². The van der Waals surface area contributed by atoms with Crippen molar-refractivity contribution in [2.75, 3.05) is 7.11 Å². The van der Waals surface area contributed by atoms with Crippen molar-refractivity contribution in [3.8, 4) is 5.75 Å². The number of ether oxygens (including phenoxy) is 1. The zero-order chi connectivity index (χ0) is 23.9. The molecule has 5 heteroatoms. The molecular formula is C29H35NO4. The molecule has 4 bridgehead atoms.